The first-order chi connectivity index (χ1) is 12.8. The average molecular weight is 382 g/mol. The van der Waals surface area contributed by atoms with Gasteiger partial charge in [-0.25, -0.2) is 14.8 Å². The number of methoxy groups -OCH3 is 1. The summed E-state index contributed by atoms with van der Waals surface area (Å²) in [7, 11) is 1.55. The Morgan fingerprint density at radius 3 is 2.67 bits per heavy atom. The predicted molar refractivity (Wildman–Crippen MR) is 104 cm³/mol. The summed E-state index contributed by atoms with van der Waals surface area (Å²) in [5.41, 5.74) is 2.06. The van der Waals surface area contributed by atoms with Crippen molar-refractivity contribution in [3.05, 3.63) is 35.9 Å². The molecule has 2 heterocycles. The second kappa shape index (κ2) is 7.21. The number of anilines is 1. The number of nitriles is 1. The van der Waals surface area contributed by atoms with Crippen LogP contribution in [0.3, 0.4) is 0 Å². The third-order valence-electron chi connectivity index (χ3n) is 3.47. The number of pyridine rings is 1. The van der Waals surface area contributed by atoms with Crippen LogP contribution in [0.4, 0.5) is 9.93 Å². The SMILES string of the molecule is COc1cc(C#N)ccc1-c1ccc2nc(NC(=O)OC(C)(C)C)sc2n1. The molecule has 0 saturated carbocycles. The lowest BCUT2D eigenvalue weighted by atomic mass is 10.1. The average Bonchev–Trinajstić information content (AvgIpc) is 3.00. The first-order valence-electron chi connectivity index (χ1n) is 8.15. The maximum Gasteiger partial charge on any atom is 0.413 e. The van der Waals surface area contributed by atoms with Gasteiger partial charge in [0.05, 0.1) is 24.4 Å². The fourth-order valence-corrected chi connectivity index (χ4v) is 3.21. The molecule has 1 aromatic carbocycles. The first-order valence-corrected chi connectivity index (χ1v) is 8.97. The molecular formula is C19H18N4O3S. The van der Waals surface area contributed by atoms with Crippen molar-refractivity contribution in [3.8, 4) is 23.1 Å². The van der Waals surface area contributed by atoms with Crippen molar-refractivity contribution in [1.29, 1.82) is 5.26 Å². The van der Waals surface area contributed by atoms with Gasteiger partial charge < -0.3 is 9.47 Å². The van der Waals surface area contributed by atoms with Crippen molar-refractivity contribution < 1.29 is 14.3 Å². The fraction of sp³-hybridized carbons (Fsp3) is 0.263. The molecule has 27 heavy (non-hydrogen) atoms. The van der Waals surface area contributed by atoms with Crippen LogP contribution in [0.1, 0.15) is 26.3 Å². The first kappa shape index (κ1) is 18.6. The molecule has 8 heteroatoms. The quantitative estimate of drug-likeness (QED) is 0.712. The van der Waals surface area contributed by atoms with E-state index in [1.807, 2.05) is 12.1 Å². The van der Waals surface area contributed by atoms with Gasteiger partial charge >= 0.3 is 6.09 Å². The number of nitrogens with zero attached hydrogens (tertiary/aromatic N) is 3. The van der Waals surface area contributed by atoms with Crippen LogP contribution in [0, 0.1) is 11.3 Å². The summed E-state index contributed by atoms with van der Waals surface area (Å²) in [6, 6.07) is 10.9. The molecule has 0 atom stereocenters. The number of aromatic nitrogens is 2. The van der Waals surface area contributed by atoms with Gasteiger partial charge in [0.1, 0.15) is 21.7 Å². The molecular weight excluding hydrogens is 364 g/mol. The van der Waals surface area contributed by atoms with Crippen molar-refractivity contribution in [2.75, 3.05) is 12.4 Å². The molecule has 138 valence electrons. The number of fused-ring (bicyclic) bond motifs is 1. The number of hydrogen-bond acceptors (Lipinski definition) is 7. The van der Waals surface area contributed by atoms with Crippen LogP contribution in [0.5, 0.6) is 5.75 Å². The Morgan fingerprint density at radius 1 is 1.22 bits per heavy atom. The van der Waals surface area contributed by atoms with E-state index in [1.165, 1.54) is 11.3 Å². The van der Waals surface area contributed by atoms with Gasteiger partial charge in [-0.3, -0.25) is 5.32 Å². The Balaban J connectivity index is 1.91. The van der Waals surface area contributed by atoms with E-state index in [0.29, 0.717) is 32.5 Å². The highest BCUT2D eigenvalue weighted by Crippen LogP contribution is 2.32. The summed E-state index contributed by atoms with van der Waals surface area (Å²) >= 11 is 1.25. The lowest BCUT2D eigenvalue weighted by Crippen LogP contribution is -2.27. The molecule has 1 amide bonds. The summed E-state index contributed by atoms with van der Waals surface area (Å²) < 4.78 is 10.6. The molecule has 0 fully saturated rings. The number of benzene rings is 1. The molecule has 0 saturated heterocycles. The van der Waals surface area contributed by atoms with Gasteiger partial charge in [-0.05, 0) is 51.1 Å². The fourth-order valence-electron chi connectivity index (χ4n) is 2.38. The predicted octanol–water partition coefficient (Wildman–Crippen LogP) is 4.59. The third-order valence-corrected chi connectivity index (χ3v) is 4.35. The van der Waals surface area contributed by atoms with Crippen molar-refractivity contribution in [2.45, 2.75) is 26.4 Å². The number of nitrogens with one attached hydrogen (secondary N) is 1. The highest BCUT2D eigenvalue weighted by Gasteiger charge is 2.18. The van der Waals surface area contributed by atoms with Crippen molar-refractivity contribution >= 4 is 32.9 Å². The molecule has 0 bridgehead atoms. The molecule has 0 aliphatic rings. The van der Waals surface area contributed by atoms with Crippen LogP contribution in [-0.4, -0.2) is 28.8 Å². The Bertz CT molecular complexity index is 1050. The number of thiazole rings is 1. The van der Waals surface area contributed by atoms with Gasteiger partial charge in [0.25, 0.3) is 0 Å². The molecule has 1 N–H and O–H groups in total. The minimum absolute atomic E-state index is 0.413. The zero-order valence-corrected chi connectivity index (χ0v) is 16.2. The zero-order valence-electron chi connectivity index (χ0n) is 15.4. The second-order valence-corrected chi connectivity index (χ2v) is 7.67. The topological polar surface area (TPSA) is 97.1 Å². The Hall–Kier alpha value is -3.18. The van der Waals surface area contributed by atoms with Crippen molar-refractivity contribution in [2.24, 2.45) is 0 Å². The molecule has 3 aromatic rings. The second-order valence-electron chi connectivity index (χ2n) is 6.69. The van der Waals surface area contributed by atoms with Gasteiger partial charge in [-0.2, -0.15) is 5.26 Å². The van der Waals surface area contributed by atoms with E-state index in [1.54, 1.807) is 46.1 Å². The maximum absolute atomic E-state index is 11.9. The summed E-state index contributed by atoms with van der Waals surface area (Å²) in [5, 5.41) is 12.1. The van der Waals surface area contributed by atoms with Crippen molar-refractivity contribution in [3.63, 3.8) is 0 Å². The van der Waals surface area contributed by atoms with Gasteiger partial charge in [0, 0.05) is 5.56 Å². The molecule has 0 spiro atoms. The van der Waals surface area contributed by atoms with Gasteiger partial charge in [-0.1, -0.05) is 11.3 Å². The number of hydrogen-bond donors (Lipinski definition) is 1. The minimum Gasteiger partial charge on any atom is -0.496 e. The number of rotatable bonds is 3. The number of carbonyl (C=O) groups excluding carboxylic acids is 1. The van der Waals surface area contributed by atoms with Crippen LogP contribution in [0.25, 0.3) is 21.6 Å². The molecule has 3 rings (SSSR count). The lowest BCUT2D eigenvalue weighted by Gasteiger charge is -2.18. The Kier molecular flexibility index (Phi) is 4.97. The van der Waals surface area contributed by atoms with E-state index in [0.717, 1.165) is 5.56 Å². The lowest BCUT2D eigenvalue weighted by molar-refractivity contribution is 0.0636. The van der Waals surface area contributed by atoms with Crippen LogP contribution in [0.2, 0.25) is 0 Å². The standard InChI is InChI=1S/C19H18N4O3S/c1-19(2,3)26-18(24)23-17-22-14-8-7-13(21-16(14)27-17)12-6-5-11(10-20)9-15(12)25-4/h5-9H,1-4H3,(H,22,23,24). The molecule has 0 aliphatic heterocycles. The van der Waals surface area contributed by atoms with Crippen LogP contribution in [0.15, 0.2) is 30.3 Å². The zero-order chi connectivity index (χ0) is 19.6. The smallest absolute Gasteiger partial charge is 0.413 e. The van der Waals surface area contributed by atoms with Crippen LogP contribution in [-0.2, 0) is 4.74 Å². The highest BCUT2D eigenvalue weighted by molar-refractivity contribution is 7.21. The van der Waals surface area contributed by atoms with E-state index in [9.17, 15) is 4.79 Å². The van der Waals surface area contributed by atoms with E-state index in [4.69, 9.17) is 14.7 Å². The van der Waals surface area contributed by atoms with E-state index < -0.39 is 11.7 Å². The molecule has 2 aromatic heterocycles. The van der Waals surface area contributed by atoms with Gasteiger partial charge in [-0.15, -0.1) is 0 Å². The minimum atomic E-state index is -0.585. The van der Waals surface area contributed by atoms with Gasteiger partial charge in [0.15, 0.2) is 5.13 Å². The Morgan fingerprint density at radius 2 is 2.00 bits per heavy atom. The summed E-state index contributed by atoms with van der Waals surface area (Å²) in [5.74, 6) is 0.567. The molecule has 0 aliphatic carbocycles. The highest BCUT2D eigenvalue weighted by atomic mass is 32.1. The maximum atomic E-state index is 11.9. The third kappa shape index (κ3) is 4.33. The van der Waals surface area contributed by atoms with E-state index >= 15 is 0 Å². The largest absolute Gasteiger partial charge is 0.496 e. The normalized spacial score (nSPS) is 11.1. The Labute approximate surface area is 160 Å². The monoisotopic (exact) mass is 382 g/mol. The van der Waals surface area contributed by atoms with Crippen LogP contribution >= 0.6 is 11.3 Å². The summed E-state index contributed by atoms with van der Waals surface area (Å²) in [6.07, 6.45) is -0.560. The summed E-state index contributed by atoms with van der Waals surface area (Å²) in [4.78, 5) is 21.5. The molecule has 7 nitrogen and oxygen atoms in total. The van der Waals surface area contributed by atoms with Gasteiger partial charge in [0.2, 0.25) is 0 Å². The number of carbonyl (C=O) groups is 1. The van der Waals surface area contributed by atoms with Crippen molar-refractivity contribution in [1.82, 2.24) is 9.97 Å². The molecule has 0 radical (unpaired) electrons. The number of ether oxygens (including phenoxy) is 2. The van der Waals surface area contributed by atoms with E-state index in [2.05, 4.69) is 21.4 Å². The molecule has 0 unspecified atom stereocenters. The number of amides is 1. The van der Waals surface area contributed by atoms with E-state index in [-0.39, 0.29) is 0 Å². The summed E-state index contributed by atoms with van der Waals surface area (Å²) in [6.45, 7) is 5.39. The van der Waals surface area contributed by atoms with Crippen LogP contribution < -0.4 is 10.1 Å².